The Morgan fingerprint density at radius 1 is 1.06 bits per heavy atom. The van der Waals surface area contributed by atoms with E-state index < -0.39 is 12.0 Å². The molecule has 0 aromatic heterocycles. The molecule has 4 aliphatic rings. The minimum atomic E-state index is -0.538. The third-order valence-electron chi connectivity index (χ3n) is 7.24. The molecule has 3 saturated heterocycles. The summed E-state index contributed by atoms with van der Waals surface area (Å²) in [7, 11) is 1.69. The van der Waals surface area contributed by atoms with Crippen molar-refractivity contribution in [3.05, 3.63) is 35.2 Å². The van der Waals surface area contributed by atoms with Gasteiger partial charge in [0.15, 0.2) is 11.6 Å². The van der Waals surface area contributed by atoms with Crippen LogP contribution in [0, 0.1) is 5.92 Å². The third kappa shape index (κ3) is 4.29. The lowest BCUT2D eigenvalue weighted by Crippen LogP contribution is -2.62. The van der Waals surface area contributed by atoms with Crippen LogP contribution in [-0.2, 0) is 14.4 Å². The summed E-state index contributed by atoms with van der Waals surface area (Å²) in [5.74, 6) is 0.142. The van der Waals surface area contributed by atoms with Crippen molar-refractivity contribution in [2.75, 3.05) is 57.9 Å². The summed E-state index contributed by atoms with van der Waals surface area (Å²) in [6.07, 6.45) is 1.31. The minimum absolute atomic E-state index is 0.0538. The van der Waals surface area contributed by atoms with E-state index in [0.29, 0.717) is 31.6 Å². The SMILES string of the molecule is COc1ccccc1N1CCN(CCC2C(=O)NCN3CCC4SC=C(C4=O)C(=O)C23)CC1. The van der Waals surface area contributed by atoms with Gasteiger partial charge >= 0.3 is 0 Å². The lowest BCUT2D eigenvalue weighted by atomic mass is 9.83. The van der Waals surface area contributed by atoms with Gasteiger partial charge in [0, 0.05) is 32.7 Å². The predicted octanol–water partition coefficient (Wildman–Crippen LogP) is 1.12. The molecule has 2 bridgehead atoms. The number of fused-ring (bicyclic) bond motifs is 3. The lowest BCUT2D eigenvalue weighted by Gasteiger charge is -2.42. The number of carbonyl (C=O) groups excluding carboxylic acids is 3. The van der Waals surface area contributed by atoms with Gasteiger partial charge in [0.2, 0.25) is 5.91 Å². The maximum atomic E-state index is 13.3. The highest BCUT2D eigenvalue weighted by Gasteiger charge is 2.47. The number of rotatable bonds is 5. The predicted molar refractivity (Wildman–Crippen MR) is 127 cm³/mol. The number of para-hydroxylation sites is 2. The zero-order valence-electron chi connectivity index (χ0n) is 18.9. The molecule has 1 amide bonds. The summed E-state index contributed by atoms with van der Waals surface area (Å²) in [6.45, 7) is 5.31. The number of Topliss-reactive ketones (excluding diaryl/α,β-unsaturated/α-hetero) is 2. The van der Waals surface area contributed by atoms with Crippen LogP contribution in [0.4, 0.5) is 5.69 Å². The monoisotopic (exact) mass is 470 g/mol. The molecule has 176 valence electrons. The van der Waals surface area contributed by atoms with E-state index in [1.165, 1.54) is 11.8 Å². The second-order valence-corrected chi connectivity index (χ2v) is 10.1. The van der Waals surface area contributed by atoms with Gasteiger partial charge in [-0.25, -0.2) is 0 Å². The second kappa shape index (κ2) is 9.48. The van der Waals surface area contributed by atoms with Gasteiger partial charge < -0.3 is 15.0 Å². The number of thioether (sulfide) groups is 1. The average molecular weight is 471 g/mol. The van der Waals surface area contributed by atoms with E-state index in [2.05, 4.69) is 26.1 Å². The fourth-order valence-corrected chi connectivity index (χ4v) is 6.38. The summed E-state index contributed by atoms with van der Waals surface area (Å²) in [5, 5.41) is 4.54. The van der Waals surface area contributed by atoms with Crippen LogP contribution < -0.4 is 15.0 Å². The molecule has 3 fully saturated rings. The first-order valence-electron chi connectivity index (χ1n) is 11.6. The van der Waals surface area contributed by atoms with Gasteiger partial charge in [-0.3, -0.25) is 24.2 Å². The third-order valence-corrected chi connectivity index (χ3v) is 8.39. The van der Waals surface area contributed by atoms with E-state index in [4.69, 9.17) is 4.74 Å². The van der Waals surface area contributed by atoms with Crippen molar-refractivity contribution < 1.29 is 19.1 Å². The lowest BCUT2D eigenvalue weighted by molar-refractivity contribution is -0.141. The number of hydrogen-bond acceptors (Lipinski definition) is 8. The Balaban J connectivity index is 1.23. The molecule has 0 radical (unpaired) electrons. The summed E-state index contributed by atoms with van der Waals surface area (Å²) < 4.78 is 5.51. The Morgan fingerprint density at radius 3 is 2.64 bits per heavy atom. The number of nitrogens with zero attached hydrogens (tertiary/aromatic N) is 3. The number of benzene rings is 1. The van der Waals surface area contributed by atoms with Crippen LogP contribution in [-0.4, -0.2) is 91.6 Å². The zero-order valence-corrected chi connectivity index (χ0v) is 19.7. The molecule has 0 spiro atoms. The smallest absolute Gasteiger partial charge is 0.226 e. The van der Waals surface area contributed by atoms with Crippen molar-refractivity contribution in [2.45, 2.75) is 24.1 Å². The molecule has 1 aromatic carbocycles. The molecule has 3 atom stereocenters. The van der Waals surface area contributed by atoms with E-state index >= 15 is 0 Å². The van der Waals surface area contributed by atoms with Crippen molar-refractivity contribution in [3.8, 4) is 5.75 Å². The Hall–Kier alpha value is -2.36. The number of ether oxygens (including phenoxy) is 1. The Bertz CT molecular complexity index is 975. The largest absolute Gasteiger partial charge is 0.495 e. The first-order chi connectivity index (χ1) is 16.1. The number of carbonyl (C=O) groups is 3. The van der Waals surface area contributed by atoms with Crippen LogP contribution in [0.2, 0.25) is 0 Å². The number of piperazine rings is 1. The standard InChI is InChI=1S/C24H30N4O4S/c1-32-19-5-3-2-4-18(19)27-12-10-26(11-13-27)8-6-16-21-23(30)17-14-33-20(22(17)29)7-9-28(21)15-25-24(16)31/h2-5,14,16,20-21H,6-13,15H2,1H3,(H,25,31). The Labute approximate surface area is 198 Å². The summed E-state index contributed by atoms with van der Waals surface area (Å²) in [6, 6.07) is 7.52. The van der Waals surface area contributed by atoms with E-state index in [-0.39, 0.29) is 22.7 Å². The molecule has 1 N–H and O–H groups in total. The molecule has 0 aliphatic carbocycles. The van der Waals surface area contributed by atoms with Gasteiger partial charge in [-0.05, 0) is 36.9 Å². The first kappa shape index (κ1) is 22.4. The van der Waals surface area contributed by atoms with Crippen LogP contribution >= 0.6 is 11.8 Å². The molecule has 3 unspecified atom stereocenters. The van der Waals surface area contributed by atoms with Crippen molar-refractivity contribution in [1.29, 1.82) is 0 Å². The van der Waals surface area contributed by atoms with Gasteiger partial charge in [-0.2, -0.15) is 0 Å². The molecular formula is C24H30N4O4S. The van der Waals surface area contributed by atoms with E-state index in [1.54, 1.807) is 12.5 Å². The number of ketones is 2. The van der Waals surface area contributed by atoms with E-state index in [1.807, 2.05) is 18.2 Å². The highest BCUT2D eigenvalue weighted by molar-refractivity contribution is 8.04. The summed E-state index contributed by atoms with van der Waals surface area (Å²) >= 11 is 1.45. The molecule has 4 heterocycles. The molecule has 4 aliphatic heterocycles. The second-order valence-electron chi connectivity index (χ2n) is 9.03. The van der Waals surface area contributed by atoms with Crippen LogP contribution in [0.5, 0.6) is 5.75 Å². The fraction of sp³-hybridized carbons (Fsp3) is 0.542. The zero-order chi connectivity index (χ0) is 22.9. The van der Waals surface area contributed by atoms with Crippen LogP contribution in [0.15, 0.2) is 35.2 Å². The van der Waals surface area contributed by atoms with Crippen molar-refractivity contribution in [3.63, 3.8) is 0 Å². The quantitative estimate of drug-likeness (QED) is 0.642. The molecular weight excluding hydrogens is 440 g/mol. The average Bonchev–Trinajstić information content (AvgIpc) is 3.24. The highest BCUT2D eigenvalue weighted by atomic mass is 32.2. The minimum Gasteiger partial charge on any atom is -0.495 e. The van der Waals surface area contributed by atoms with E-state index in [0.717, 1.165) is 44.2 Å². The molecule has 0 saturated carbocycles. The van der Waals surface area contributed by atoms with Crippen molar-refractivity contribution >= 4 is 34.9 Å². The summed E-state index contributed by atoms with van der Waals surface area (Å²) in [5.41, 5.74) is 1.40. The summed E-state index contributed by atoms with van der Waals surface area (Å²) in [4.78, 5) is 45.5. The van der Waals surface area contributed by atoms with Crippen LogP contribution in [0.3, 0.4) is 0 Å². The van der Waals surface area contributed by atoms with Crippen LogP contribution in [0.1, 0.15) is 12.8 Å². The van der Waals surface area contributed by atoms with Gasteiger partial charge in [-0.1, -0.05) is 12.1 Å². The molecule has 33 heavy (non-hydrogen) atoms. The van der Waals surface area contributed by atoms with E-state index in [9.17, 15) is 14.4 Å². The molecule has 8 nitrogen and oxygen atoms in total. The maximum Gasteiger partial charge on any atom is 0.226 e. The highest BCUT2D eigenvalue weighted by Crippen LogP contribution is 2.36. The molecule has 9 heteroatoms. The molecule has 1 aromatic rings. The fourth-order valence-electron chi connectivity index (χ4n) is 5.35. The topological polar surface area (TPSA) is 82.2 Å². The van der Waals surface area contributed by atoms with Gasteiger partial charge in [-0.15, -0.1) is 11.8 Å². The van der Waals surface area contributed by atoms with Crippen molar-refractivity contribution in [1.82, 2.24) is 15.1 Å². The maximum absolute atomic E-state index is 13.3. The number of nitrogens with one attached hydrogen (secondary N) is 1. The number of methoxy groups -OCH3 is 1. The van der Waals surface area contributed by atoms with Gasteiger partial charge in [0.05, 0.1) is 42.2 Å². The Morgan fingerprint density at radius 2 is 1.85 bits per heavy atom. The normalized spacial score (nSPS) is 28.6. The van der Waals surface area contributed by atoms with Crippen molar-refractivity contribution in [2.24, 2.45) is 5.92 Å². The van der Waals surface area contributed by atoms with Gasteiger partial charge in [0.25, 0.3) is 0 Å². The first-order valence-corrected chi connectivity index (χ1v) is 12.6. The number of anilines is 1. The number of hydrogen-bond donors (Lipinski definition) is 1. The Kier molecular flexibility index (Phi) is 6.44. The molecule has 5 rings (SSSR count). The van der Waals surface area contributed by atoms with Gasteiger partial charge in [0.1, 0.15) is 5.75 Å². The van der Waals surface area contributed by atoms with Crippen LogP contribution in [0.25, 0.3) is 0 Å². The number of amides is 1.